The molecule has 0 saturated heterocycles. The van der Waals surface area contributed by atoms with Gasteiger partial charge in [0.2, 0.25) is 0 Å². The van der Waals surface area contributed by atoms with E-state index in [0.29, 0.717) is 17.5 Å². The Kier molecular flexibility index (Phi) is 5.66. The lowest BCUT2D eigenvalue weighted by molar-refractivity contribution is 0.0965. The number of hydrogen-bond acceptors (Lipinski definition) is 4. The zero-order valence-electron chi connectivity index (χ0n) is 13.8. The molecule has 0 saturated carbocycles. The molecule has 0 heterocycles. The Bertz CT molecular complexity index is 604. The minimum absolute atomic E-state index is 0.150. The van der Waals surface area contributed by atoms with Crippen LogP contribution >= 0.6 is 0 Å². The van der Waals surface area contributed by atoms with Crippen molar-refractivity contribution < 1.29 is 19.8 Å². The molecule has 0 bridgehead atoms. The summed E-state index contributed by atoms with van der Waals surface area (Å²) < 4.78 is 0. The van der Waals surface area contributed by atoms with Gasteiger partial charge >= 0.3 is 0 Å². The lowest BCUT2D eigenvalue weighted by Gasteiger charge is -2.13. The van der Waals surface area contributed by atoms with E-state index in [1.165, 1.54) is 31.2 Å². The van der Waals surface area contributed by atoms with Crippen molar-refractivity contribution in [3.63, 3.8) is 0 Å². The minimum Gasteiger partial charge on any atom is -0.507 e. The average molecular weight is 304 g/mol. The van der Waals surface area contributed by atoms with Crippen molar-refractivity contribution in [2.24, 2.45) is 5.92 Å². The number of rotatable bonds is 6. The van der Waals surface area contributed by atoms with Crippen molar-refractivity contribution in [3.8, 4) is 5.75 Å². The van der Waals surface area contributed by atoms with Crippen LogP contribution in [0.15, 0.2) is 18.2 Å². The van der Waals surface area contributed by atoms with E-state index in [9.17, 15) is 19.8 Å². The van der Waals surface area contributed by atoms with Gasteiger partial charge in [-0.25, -0.2) is 0 Å². The van der Waals surface area contributed by atoms with Gasteiger partial charge < -0.3 is 10.2 Å². The van der Waals surface area contributed by atoms with Crippen molar-refractivity contribution in [3.05, 3.63) is 34.9 Å². The molecule has 22 heavy (non-hydrogen) atoms. The van der Waals surface area contributed by atoms with Crippen LogP contribution in [-0.4, -0.2) is 27.4 Å². The predicted octanol–water partition coefficient (Wildman–Crippen LogP) is 3.61. The second-order valence-corrected chi connectivity index (χ2v) is 6.53. The molecule has 0 aliphatic carbocycles. The van der Waals surface area contributed by atoms with Crippen molar-refractivity contribution in [1.82, 2.24) is 0 Å². The summed E-state index contributed by atoms with van der Waals surface area (Å²) in [6.45, 7) is 8.44. The number of carbonyl (C=O) groups excluding carboxylic acids is 2. The first kappa shape index (κ1) is 18.1. The van der Waals surface area contributed by atoms with E-state index in [2.05, 4.69) is 0 Å². The van der Waals surface area contributed by atoms with Crippen molar-refractivity contribution >= 4 is 17.6 Å². The molecule has 0 atom stereocenters. The molecule has 4 heteroatoms. The Morgan fingerprint density at radius 2 is 1.86 bits per heavy atom. The summed E-state index contributed by atoms with van der Waals surface area (Å²) >= 11 is 0. The Morgan fingerprint density at radius 1 is 1.27 bits per heavy atom. The van der Waals surface area contributed by atoms with Gasteiger partial charge in [0, 0.05) is 17.5 Å². The van der Waals surface area contributed by atoms with Crippen LogP contribution in [0.2, 0.25) is 0 Å². The molecule has 120 valence electrons. The highest BCUT2D eigenvalue weighted by Crippen LogP contribution is 2.29. The number of aliphatic hydroxyl groups is 1. The predicted molar refractivity (Wildman–Crippen MR) is 87.2 cm³/mol. The monoisotopic (exact) mass is 304 g/mol. The minimum atomic E-state index is -1.05. The number of phenols is 1. The first-order valence-corrected chi connectivity index (χ1v) is 7.34. The number of Topliss-reactive ketones (excluding diaryl/α,β-unsaturated/α-hetero) is 2. The molecule has 0 aliphatic heterocycles. The molecule has 2 N–H and O–H groups in total. The van der Waals surface area contributed by atoms with Crippen LogP contribution in [0.4, 0.5) is 0 Å². The largest absolute Gasteiger partial charge is 0.507 e. The number of benzene rings is 1. The summed E-state index contributed by atoms with van der Waals surface area (Å²) in [5, 5.41) is 20.1. The normalized spacial score (nSPS) is 12.1. The summed E-state index contributed by atoms with van der Waals surface area (Å²) in [5.41, 5.74) is -0.195. The fraction of sp³-hybridized carbons (Fsp3) is 0.444. The molecule has 1 rings (SSSR count). The lowest BCUT2D eigenvalue weighted by Crippen LogP contribution is -2.13. The van der Waals surface area contributed by atoms with E-state index >= 15 is 0 Å². The highest BCUT2D eigenvalue weighted by atomic mass is 16.3. The number of carbonyl (C=O) groups is 2. The lowest BCUT2D eigenvalue weighted by atomic mass is 9.94. The third kappa shape index (κ3) is 5.11. The molecule has 4 nitrogen and oxygen atoms in total. The summed E-state index contributed by atoms with van der Waals surface area (Å²) in [5.74, 6) is -0.385. The summed E-state index contributed by atoms with van der Waals surface area (Å²) in [4.78, 5) is 23.9. The van der Waals surface area contributed by atoms with Gasteiger partial charge in [0.25, 0.3) is 0 Å². The van der Waals surface area contributed by atoms with E-state index in [0.717, 1.165) is 0 Å². The molecule has 0 radical (unpaired) electrons. The Labute approximate surface area is 131 Å². The summed E-state index contributed by atoms with van der Waals surface area (Å²) in [7, 11) is 0. The Morgan fingerprint density at radius 3 is 2.32 bits per heavy atom. The molecular weight excluding hydrogens is 280 g/mol. The highest BCUT2D eigenvalue weighted by Gasteiger charge is 2.18. The number of phenolic OH excluding ortho intramolecular Hbond substituents is 1. The number of hydrogen-bond donors (Lipinski definition) is 2. The topological polar surface area (TPSA) is 74.6 Å². The molecule has 0 unspecified atom stereocenters. The molecule has 0 aliphatic rings. The van der Waals surface area contributed by atoms with Crippen molar-refractivity contribution in [1.29, 1.82) is 0 Å². The SMILES string of the molecule is CC(=O)c1cc(/C=C/C(C)(C)O)c(O)c(C(=O)CC(C)C)c1. The summed E-state index contributed by atoms with van der Waals surface area (Å²) in [6, 6.07) is 2.95. The van der Waals surface area contributed by atoms with Gasteiger partial charge in [0.15, 0.2) is 11.6 Å². The molecular formula is C18H24O4. The Hall–Kier alpha value is -1.94. The van der Waals surface area contributed by atoms with Crippen LogP contribution in [-0.2, 0) is 0 Å². The standard InChI is InChI=1S/C18H24O4/c1-11(2)8-16(20)15-10-14(12(3)19)9-13(17(15)21)6-7-18(4,5)22/h6-7,9-11,21-22H,8H2,1-5H3/b7-6+. The van der Waals surface area contributed by atoms with Crippen LogP contribution in [0.1, 0.15) is 67.3 Å². The zero-order chi connectivity index (χ0) is 17.1. The smallest absolute Gasteiger partial charge is 0.166 e. The van der Waals surface area contributed by atoms with E-state index in [-0.39, 0.29) is 28.8 Å². The average Bonchev–Trinajstić information content (AvgIpc) is 2.35. The molecule has 1 aromatic carbocycles. The highest BCUT2D eigenvalue weighted by molar-refractivity contribution is 6.03. The molecule has 1 aromatic rings. The van der Waals surface area contributed by atoms with Crippen LogP contribution in [0.3, 0.4) is 0 Å². The van der Waals surface area contributed by atoms with Crippen LogP contribution in [0, 0.1) is 5.92 Å². The second kappa shape index (κ2) is 6.88. The molecule has 0 aromatic heterocycles. The van der Waals surface area contributed by atoms with Gasteiger partial charge in [-0.05, 0) is 38.8 Å². The van der Waals surface area contributed by atoms with Gasteiger partial charge in [-0.15, -0.1) is 0 Å². The number of aromatic hydroxyl groups is 1. The van der Waals surface area contributed by atoms with E-state index in [1.54, 1.807) is 13.8 Å². The third-order valence-electron chi connectivity index (χ3n) is 3.11. The first-order valence-electron chi connectivity index (χ1n) is 7.34. The maximum absolute atomic E-state index is 12.3. The maximum Gasteiger partial charge on any atom is 0.166 e. The van der Waals surface area contributed by atoms with E-state index in [4.69, 9.17) is 0 Å². The fourth-order valence-electron chi connectivity index (χ4n) is 1.97. The van der Waals surface area contributed by atoms with E-state index < -0.39 is 5.60 Å². The van der Waals surface area contributed by atoms with Gasteiger partial charge in [0.1, 0.15) is 5.75 Å². The van der Waals surface area contributed by atoms with Gasteiger partial charge in [-0.1, -0.05) is 26.0 Å². The third-order valence-corrected chi connectivity index (χ3v) is 3.11. The molecule has 0 fully saturated rings. The van der Waals surface area contributed by atoms with Crippen molar-refractivity contribution in [2.75, 3.05) is 0 Å². The van der Waals surface area contributed by atoms with Gasteiger partial charge in [0.05, 0.1) is 11.2 Å². The quantitative estimate of drug-likeness (QED) is 0.787. The molecule has 0 amide bonds. The Balaban J connectivity index is 3.39. The number of ketones is 2. The van der Waals surface area contributed by atoms with Crippen molar-refractivity contribution in [2.45, 2.75) is 46.6 Å². The summed E-state index contributed by atoms with van der Waals surface area (Å²) in [6.07, 6.45) is 3.32. The van der Waals surface area contributed by atoms with E-state index in [1.807, 2.05) is 13.8 Å². The van der Waals surface area contributed by atoms with Crippen LogP contribution in [0.25, 0.3) is 6.08 Å². The second-order valence-electron chi connectivity index (χ2n) is 6.53. The van der Waals surface area contributed by atoms with Gasteiger partial charge in [-0.3, -0.25) is 9.59 Å². The zero-order valence-corrected chi connectivity index (χ0v) is 13.8. The van der Waals surface area contributed by atoms with Crippen LogP contribution in [0.5, 0.6) is 5.75 Å². The molecule has 0 spiro atoms. The van der Waals surface area contributed by atoms with Crippen LogP contribution < -0.4 is 0 Å². The van der Waals surface area contributed by atoms with Gasteiger partial charge in [-0.2, -0.15) is 0 Å². The maximum atomic E-state index is 12.3. The first-order chi connectivity index (χ1) is 10.0. The fourth-order valence-corrected chi connectivity index (χ4v) is 1.97.